The zero-order valence-electron chi connectivity index (χ0n) is 16.8. The lowest BCUT2D eigenvalue weighted by molar-refractivity contribution is -0.127. The molecule has 1 saturated heterocycles. The zero-order chi connectivity index (χ0) is 20.6. The van der Waals surface area contributed by atoms with Gasteiger partial charge in [-0.3, -0.25) is 4.79 Å². The fourth-order valence-corrected chi connectivity index (χ4v) is 3.16. The number of rotatable bonds is 6. The van der Waals surface area contributed by atoms with Crippen LogP contribution in [0.4, 0.5) is 10.3 Å². The fraction of sp³-hybridized carbons (Fsp3) is 0.450. The second-order valence-electron chi connectivity index (χ2n) is 6.90. The van der Waals surface area contributed by atoms with Gasteiger partial charge in [-0.2, -0.15) is 5.10 Å². The molecule has 0 atom stereocenters. The highest BCUT2D eigenvalue weighted by Crippen LogP contribution is 2.10. The molecule has 4 heterocycles. The summed E-state index contributed by atoms with van der Waals surface area (Å²) in [5.74, 6) is 0.230. The molecule has 0 aromatic carbocycles. The Labute approximate surface area is 169 Å². The normalized spacial score (nSPS) is 13.5. The number of likely N-dealkylation sites (N-methyl/N-ethyl adjacent to an activating group) is 1. The van der Waals surface area contributed by atoms with E-state index in [1.54, 1.807) is 6.33 Å². The van der Waals surface area contributed by atoms with Crippen molar-refractivity contribution in [2.45, 2.75) is 32.6 Å². The van der Waals surface area contributed by atoms with E-state index in [9.17, 15) is 9.18 Å². The second kappa shape index (κ2) is 9.90. The number of carbonyl (C=O) groups is 1. The number of anilines is 1. The van der Waals surface area contributed by atoms with Gasteiger partial charge in [0, 0.05) is 38.8 Å². The van der Waals surface area contributed by atoms with E-state index in [-0.39, 0.29) is 5.91 Å². The van der Waals surface area contributed by atoms with Gasteiger partial charge >= 0.3 is 0 Å². The van der Waals surface area contributed by atoms with Gasteiger partial charge in [0.25, 0.3) is 0 Å². The van der Waals surface area contributed by atoms with Gasteiger partial charge in [-0.25, -0.2) is 23.9 Å². The molecule has 9 heteroatoms. The Kier molecular flexibility index (Phi) is 7.04. The molecule has 0 unspecified atom stereocenters. The molecule has 0 aliphatic carbocycles. The molecule has 154 valence electrons. The van der Waals surface area contributed by atoms with Crippen molar-refractivity contribution >= 4 is 17.5 Å². The van der Waals surface area contributed by atoms with Crippen molar-refractivity contribution in [3.63, 3.8) is 0 Å². The van der Waals surface area contributed by atoms with Crippen molar-refractivity contribution in [2.24, 2.45) is 0 Å². The lowest BCUT2D eigenvalue weighted by Gasteiger charge is -2.21. The van der Waals surface area contributed by atoms with Crippen molar-refractivity contribution in [1.29, 1.82) is 0 Å². The maximum Gasteiger partial charge on any atom is 0.225 e. The van der Waals surface area contributed by atoms with Crippen LogP contribution in [0.25, 0.3) is 5.65 Å². The summed E-state index contributed by atoms with van der Waals surface area (Å²) in [5.41, 5.74) is 2.16. The number of fused-ring (bicyclic) bond motifs is 1. The first-order valence-corrected chi connectivity index (χ1v) is 9.82. The molecule has 4 rings (SSSR count). The summed E-state index contributed by atoms with van der Waals surface area (Å²) >= 11 is 0. The molecule has 0 N–H and O–H groups in total. The molecule has 0 spiro atoms. The van der Waals surface area contributed by atoms with Crippen LogP contribution in [0.5, 0.6) is 0 Å². The van der Waals surface area contributed by atoms with Crippen molar-refractivity contribution in [1.82, 2.24) is 29.5 Å². The third-order valence-electron chi connectivity index (χ3n) is 4.71. The molecule has 0 bridgehead atoms. The third kappa shape index (κ3) is 5.46. The monoisotopic (exact) mass is 399 g/mol. The molecule has 8 nitrogen and oxygen atoms in total. The number of carbonyl (C=O) groups excluding carboxylic acids is 1. The third-order valence-corrected chi connectivity index (χ3v) is 4.71. The highest BCUT2D eigenvalue weighted by molar-refractivity contribution is 5.78. The average molecular weight is 399 g/mol. The molecule has 1 fully saturated rings. The number of nitrogens with zero attached hydrogens (tertiary/aromatic N) is 7. The van der Waals surface area contributed by atoms with Gasteiger partial charge in [-0.15, -0.1) is 0 Å². The number of pyridine rings is 1. The Morgan fingerprint density at radius 2 is 2.00 bits per heavy atom. The van der Waals surface area contributed by atoms with Crippen LogP contribution in [0, 0.1) is 5.82 Å². The van der Waals surface area contributed by atoms with Crippen LogP contribution in [0.3, 0.4) is 0 Å². The number of hydrogen-bond donors (Lipinski definition) is 0. The van der Waals surface area contributed by atoms with Gasteiger partial charge in [-0.1, -0.05) is 19.4 Å². The summed E-state index contributed by atoms with van der Waals surface area (Å²) in [6.45, 7) is 4.31. The summed E-state index contributed by atoms with van der Waals surface area (Å²) in [5, 5.41) is 4.14. The molecular formula is C20H26FN7O. The lowest BCUT2D eigenvalue weighted by atomic mass is 10.2. The fourth-order valence-electron chi connectivity index (χ4n) is 3.16. The highest BCUT2D eigenvalue weighted by Gasteiger charge is 2.20. The molecule has 1 aliphatic rings. The van der Waals surface area contributed by atoms with E-state index in [2.05, 4.69) is 33.0 Å². The van der Waals surface area contributed by atoms with Gasteiger partial charge in [-0.05, 0) is 25.0 Å². The summed E-state index contributed by atoms with van der Waals surface area (Å²) in [7, 11) is 1.83. The number of hydrogen-bond acceptors (Lipinski definition) is 6. The van der Waals surface area contributed by atoms with Crippen molar-refractivity contribution in [3.05, 3.63) is 48.4 Å². The van der Waals surface area contributed by atoms with Crippen LogP contribution in [-0.2, 0) is 11.2 Å². The molecule has 1 amide bonds. The number of likely N-dealkylation sites (tertiary alicyclic amines) is 1. The maximum absolute atomic E-state index is 12.6. The van der Waals surface area contributed by atoms with E-state index in [1.807, 2.05) is 33.5 Å². The van der Waals surface area contributed by atoms with Crippen LogP contribution in [0.2, 0.25) is 0 Å². The highest BCUT2D eigenvalue weighted by atomic mass is 19.1. The number of amides is 1. The minimum Gasteiger partial charge on any atom is -0.342 e. The Morgan fingerprint density at radius 3 is 2.69 bits per heavy atom. The molecule has 0 radical (unpaired) electrons. The van der Waals surface area contributed by atoms with Gasteiger partial charge in [0.1, 0.15) is 6.33 Å². The topological polar surface area (TPSA) is 79.5 Å². The van der Waals surface area contributed by atoms with Gasteiger partial charge in [0.05, 0.1) is 12.4 Å². The average Bonchev–Trinajstić information content (AvgIpc) is 3.37. The lowest BCUT2D eigenvalue weighted by Crippen LogP contribution is -2.34. The van der Waals surface area contributed by atoms with Crippen LogP contribution in [0.1, 0.15) is 31.9 Å². The summed E-state index contributed by atoms with van der Waals surface area (Å²) < 4.78 is 14.5. The van der Waals surface area contributed by atoms with Crippen LogP contribution in [-0.4, -0.2) is 62.1 Å². The molecular weight excluding hydrogens is 373 g/mol. The van der Waals surface area contributed by atoms with Crippen LogP contribution < -0.4 is 4.90 Å². The Bertz CT molecular complexity index is 928. The standard InChI is InChI=1S/C11H15FN4O.C9H11N3/c1-15(11-13-7-9(12)8-14-11)5-6-16-4-2-3-10(16)17;1-2-4-8-5-3-6-9-10-7-11-12(8)9/h7-8H,2-6H2,1H3;3,5-7H,2,4H2,1H3. The van der Waals surface area contributed by atoms with E-state index >= 15 is 0 Å². The first-order chi connectivity index (χ1) is 14.1. The summed E-state index contributed by atoms with van der Waals surface area (Å²) in [4.78, 5) is 26.9. The minimum absolute atomic E-state index is 0.207. The number of aromatic nitrogens is 5. The van der Waals surface area contributed by atoms with Gasteiger partial charge < -0.3 is 9.80 Å². The number of halogens is 1. The van der Waals surface area contributed by atoms with Crippen LogP contribution in [0.15, 0.2) is 36.9 Å². The predicted octanol–water partition coefficient (Wildman–Crippen LogP) is 2.36. The molecule has 0 saturated carbocycles. The maximum atomic E-state index is 12.6. The Morgan fingerprint density at radius 1 is 1.21 bits per heavy atom. The molecule has 3 aromatic rings. The minimum atomic E-state index is -0.447. The van der Waals surface area contributed by atoms with Gasteiger partial charge in [0.2, 0.25) is 11.9 Å². The SMILES string of the molecule is CCCc1cccc2ncnn12.CN(CCN1CCCC1=O)c1ncc(F)cn1. The van der Waals surface area contributed by atoms with E-state index < -0.39 is 5.82 Å². The summed E-state index contributed by atoms with van der Waals surface area (Å²) in [6.07, 6.45) is 7.65. The van der Waals surface area contributed by atoms with E-state index in [0.29, 0.717) is 25.5 Å². The Hall–Kier alpha value is -3.10. The van der Waals surface area contributed by atoms with Crippen LogP contribution >= 0.6 is 0 Å². The molecule has 29 heavy (non-hydrogen) atoms. The number of aryl methyl sites for hydroxylation is 1. The van der Waals surface area contributed by atoms with Crippen molar-refractivity contribution in [2.75, 3.05) is 31.6 Å². The van der Waals surface area contributed by atoms with E-state index in [4.69, 9.17) is 0 Å². The largest absolute Gasteiger partial charge is 0.342 e. The summed E-state index contributed by atoms with van der Waals surface area (Å²) in [6, 6.07) is 6.08. The van der Waals surface area contributed by atoms with Gasteiger partial charge in [0.15, 0.2) is 11.5 Å². The second-order valence-corrected chi connectivity index (χ2v) is 6.90. The van der Waals surface area contributed by atoms with E-state index in [0.717, 1.165) is 43.8 Å². The predicted molar refractivity (Wildman–Crippen MR) is 108 cm³/mol. The quantitative estimate of drug-likeness (QED) is 0.633. The molecule has 3 aromatic heterocycles. The first-order valence-electron chi connectivity index (χ1n) is 9.82. The Balaban J connectivity index is 0.000000176. The zero-order valence-corrected chi connectivity index (χ0v) is 16.8. The van der Waals surface area contributed by atoms with Crippen molar-refractivity contribution < 1.29 is 9.18 Å². The molecule has 1 aliphatic heterocycles. The first kappa shape index (κ1) is 20.6. The smallest absolute Gasteiger partial charge is 0.225 e. The van der Waals surface area contributed by atoms with Crippen molar-refractivity contribution in [3.8, 4) is 0 Å². The van der Waals surface area contributed by atoms with E-state index in [1.165, 1.54) is 5.69 Å².